The number of oxazole rings is 1. The summed E-state index contributed by atoms with van der Waals surface area (Å²) in [5.74, 6) is 1.23. The van der Waals surface area contributed by atoms with Crippen LogP contribution in [0, 0.1) is 13.8 Å². The Labute approximate surface area is 154 Å². The van der Waals surface area contributed by atoms with Crippen LogP contribution < -0.4 is 0 Å². The van der Waals surface area contributed by atoms with Crippen molar-refractivity contribution in [3.8, 4) is 11.5 Å². The SMILES string of the molecule is CCN(C(=O)Cc1nc(-c2ccccc2C)oc1C)C1CCS(=O)(=O)C1. The highest BCUT2D eigenvalue weighted by atomic mass is 32.2. The zero-order chi connectivity index (χ0) is 18.9. The Bertz CT molecular complexity index is 917. The molecule has 1 amide bonds. The van der Waals surface area contributed by atoms with Crippen molar-refractivity contribution in [2.24, 2.45) is 0 Å². The number of carbonyl (C=O) groups is 1. The van der Waals surface area contributed by atoms with Crippen LogP contribution in [0.15, 0.2) is 28.7 Å². The van der Waals surface area contributed by atoms with Crippen LogP contribution in [0.25, 0.3) is 11.5 Å². The van der Waals surface area contributed by atoms with Crippen molar-refractivity contribution in [3.63, 3.8) is 0 Å². The lowest BCUT2D eigenvalue weighted by molar-refractivity contribution is -0.132. The van der Waals surface area contributed by atoms with Crippen LogP contribution in [0.4, 0.5) is 0 Å². The van der Waals surface area contributed by atoms with Crippen molar-refractivity contribution >= 4 is 15.7 Å². The van der Waals surface area contributed by atoms with Crippen LogP contribution >= 0.6 is 0 Å². The van der Waals surface area contributed by atoms with Crippen LogP contribution in [0.2, 0.25) is 0 Å². The van der Waals surface area contributed by atoms with Gasteiger partial charge in [0.15, 0.2) is 9.84 Å². The first-order valence-electron chi connectivity index (χ1n) is 8.83. The summed E-state index contributed by atoms with van der Waals surface area (Å²) in [6, 6.07) is 7.56. The monoisotopic (exact) mass is 376 g/mol. The summed E-state index contributed by atoms with van der Waals surface area (Å²) >= 11 is 0. The lowest BCUT2D eigenvalue weighted by Gasteiger charge is -2.26. The van der Waals surface area contributed by atoms with E-state index in [2.05, 4.69) is 4.98 Å². The Morgan fingerprint density at radius 1 is 1.31 bits per heavy atom. The van der Waals surface area contributed by atoms with Gasteiger partial charge >= 0.3 is 0 Å². The molecule has 0 spiro atoms. The Morgan fingerprint density at radius 3 is 2.65 bits per heavy atom. The molecule has 1 aromatic heterocycles. The number of hydrogen-bond donors (Lipinski definition) is 0. The fourth-order valence-corrected chi connectivity index (χ4v) is 5.15. The van der Waals surface area contributed by atoms with Gasteiger partial charge in [-0.15, -0.1) is 0 Å². The van der Waals surface area contributed by atoms with E-state index < -0.39 is 9.84 Å². The number of sulfone groups is 1. The van der Waals surface area contributed by atoms with E-state index in [4.69, 9.17) is 4.42 Å². The summed E-state index contributed by atoms with van der Waals surface area (Å²) in [5.41, 5.74) is 2.56. The summed E-state index contributed by atoms with van der Waals surface area (Å²) in [6.45, 7) is 6.14. The second kappa shape index (κ2) is 7.23. The first-order valence-corrected chi connectivity index (χ1v) is 10.6. The third-order valence-electron chi connectivity index (χ3n) is 4.90. The number of aryl methyl sites for hydroxylation is 2. The highest BCUT2D eigenvalue weighted by Crippen LogP contribution is 2.25. The molecule has 1 unspecified atom stereocenters. The molecule has 0 radical (unpaired) electrons. The lowest BCUT2D eigenvalue weighted by Crippen LogP contribution is -2.41. The van der Waals surface area contributed by atoms with Gasteiger partial charge in [-0.1, -0.05) is 18.2 Å². The largest absolute Gasteiger partial charge is 0.441 e. The van der Waals surface area contributed by atoms with E-state index in [9.17, 15) is 13.2 Å². The lowest BCUT2D eigenvalue weighted by atomic mass is 10.1. The Kier molecular flexibility index (Phi) is 5.18. The van der Waals surface area contributed by atoms with Gasteiger partial charge in [-0.05, 0) is 38.8 Å². The summed E-state index contributed by atoms with van der Waals surface area (Å²) in [7, 11) is -3.03. The Hall–Kier alpha value is -2.15. The molecule has 2 heterocycles. The van der Waals surface area contributed by atoms with Gasteiger partial charge in [0.1, 0.15) is 5.76 Å². The zero-order valence-corrected chi connectivity index (χ0v) is 16.2. The van der Waals surface area contributed by atoms with Crippen LogP contribution in [0.5, 0.6) is 0 Å². The van der Waals surface area contributed by atoms with E-state index in [-0.39, 0.29) is 29.9 Å². The van der Waals surface area contributed by atoms with Crippen molar-refractivity contribution < 1.29 is 17.6 Å². The molecule has 1 aliphatic heterocycles. The number of amides is 1. The topological polar surface area (TPSA) is 80.5 Å². The molecule has 3 rings (SSSR count). The first-order chi connectivity index (χ1) is 12.3. The molecule has 0 bridgehead atoms. The zero-order valence-electron chi connectivity index (χ0n) is 15.4. The Morgan fingerprint density at radius 2 is 2.04 bits per heavy atom. The second-order valence-corrected chi connectivity index (χ2v) is 8.98. The summed E-state index contributed by atoms with van der Waals surface area (Å²) in [5, 5.41) is 0. The normalized spacial score (nSPS) is 18.8. The van der Waals surface area contributed by atoms with Crippen molar-refractivity contribution in [1.82, 2.24) is 9.88 Å². The van der Waals surface area contributed by atoms with E-state index in [1.54, 1.807) is 11.8 Å². The molecule has 0 N–H and O–H groups in total. The fraction of sp³-hybridized carbons (Fsp3) is 0.474. The predicted molar refractivity (Wildman–Crippen MR) is 99.6 cm³/mol. The number of nitrogens with zero attached hydrogens (tertiary/aromatic N) is 2. The average molecular weight is 376 g/mol. The molecular formula is C19H24N2O4S. The van der Waals surface area contributed by atoms with E-state index in [0.717, 1.165) is 11.1 Å². The summed E-state index contributed by atoms with van der Waals surface area (Å²) in [6.07, 6.45) is 0.625. The van der Waals surface area contributed by atoms with E-state index in [1.165, 1.54) is 0 Å². The maximum atomic E-state index is 12.8. The van der Waals surface area contributed by atoms with Crippen LogP contribution in [0.1, 0.15) is 30.4 Å². The van der Waals surface area contributed by atoms with Crippen LogP contribution in [0.3, 0.4) is 0 Å². The molecular weight excluding hydrogens is 352 g/mol. The maximum Gasteiger partial charge on any atom is 0.228 e. The van der Waals surface area contributed by atoms with Gasteiger partial charge in [-0.25, -0.2) is 13.4 Å². The molecule has 1 saturated heterocycles. The molecule has 0 saturated carbocycles. The Balaban J connectivity index is 1.78. The number of aromatic nitrogens is 1. The molecule has 1 atom stereocenters. The number of rotatable bonds is 5. The van der Waals surface area contributed by atoms with E-state index in [0.29, 0.717) is 30.3 Å². The van der Waals surface area contributed by atoms with Crippen molar-refractivity contribution in [2.45, 2.75) is 39.7 Å². The molecule has 0 aliphatic carbocycles. The number of carbonyl (C=O) groups excluding carboxylic acids is 1. The quantitative estimate of drug-likeness (QED) is 0.801. The average Bonchev–Trinajstić information content (AvgIpc) is 3.11. The van der Waals surface area contributed by atoms with Crippen LogP contribution in [-0.4, -0.2) is 48.3 Å². The van der Waals surface area contributed by atoms with Crippen molar-refractivity contribution in [1.29, 1.82) is 0 Å². The van der Waals surface area contributed by atoms with Gasteiger partial charge in [-0.3, -0.25) is 4.79 Å². The maximum absolute atomic E-state index is 12.8. The minimum absolute atomic E-state index is 0.0544. The molecule has 2 aromatic rings. The minimum atomic E-state index is -3.03. The first kappa shape index (κ1) is 18.6. The number of benzene rings is 1. The fourth-order valence-electron chi connectivity index (χ4n) is 3.42. The molecule has 26 heavy (non-hydrogen) atoms. The van der Waals surface area contributed by atoms with Gasteiger partial charge in [0.05, 0.1) is 23.6 Å². The third-order valence-corrected chi connectivity index (χ3v) is 6.65. The third kappa shape index (κ3) is 3.82. The van der Waals surface area contributed by atoms with Gasteiger partial charge in [0, 0.05) is 18.2 Å². The summed E-state index contributed by atoms with van der Waals surface area (Å²) in [4.78, 5) is 18.9. The highest BCUT2D eigenvalue weighted by molar-refractivity contribution is 7.91. The van der Waals surface area contributed by atoms with E-state index >= 15 is 0 Å². The molecule has 1 aromatic carbocycles. The van der Waals surface area contributed by atoms with Gasteiger partial charge in [0.25, 0.3) is 0 Å². The molecule has 140 valence electrons. The molecule has 1 aliphatic rings. The van der Waals surface area contributed by atoms with Gasteiger partial charge in [0.2, 0.25) is 11.8 Å². The van der Waals surface area contributed by atoms with Crippen molar-refractivity contribution in [2.75, 3.05) is 18.1 Å². The summed E-state index contributed by atoms with van der Waals surface area (Å²) < 4.78 is 29.2. The van der Waals surface area contributed by atoms with Gasteiger partial charge < -0.3 is 9.32 Å². The smallest absolute Gasteiger partial charge is 0.228 e. The number of hydrogen-bond acceptors (Lipinski definition) is 5. The molecule has 6 nitrogen and oxygen atoms in total. The second-order valence-electron chi connectivity index (χ2n) is 6.75. The predicted octanol–water partition coefficient (Wildman–Crippen LogP) is 2.54. The molecule has 7 heteroatoms. The number of likely N-dealkylation sites (N-methyl/N-ethyl adjacent to an activating group) is 1. The highest BCUT2D eigenvalue weighted by Gasteiger charge is 2.34. The molecule has 1 fully saturated rings. The minimum Gasteiger partial charge on any atom is -0.441 e. The van der Waals surface area contributed by atoms with Crippen LogP contribution in [-0.2, 0) is 21.1 Å². The van der Waals surface area contributed by atoms with E-state index in [1.807, 2.05) is 38.1 Å². The standard InChI is InChI=1S/C19H24N2O4S/c1-4-21(15-9-10-26(23,24)12-15)18(22)11-17-14(3)25-19(20-17)16-8-6-5-7-13(16)2/h5-8,15H,4,9-12H2,1-3H3. The van der Waals surface area contributed by atoms with Gasteiger partial charge in [-0.2, -0.15) is 0 Å². The van der Waals surface area contributed by atoms with Crippen molar-refractivity contribution in [3.05, 3.63) is 41.3 Å².